The Balaban J connectivity index is 2.07. The predicted octanol–water partition coefficient (Wildman–Crippen LogP) is 4.90. The van der Waals surface area contributed by atoms with Crippen LogP contribution in [0.3, 0.4) is 0 Å². The number of benzene rings is 1. The topological polar surface area (TPSA) is 75.8 Å². The van der Waals surface area contributed by atoms with Gasteiger partial charge in [0.05, 0.1) is 17.9 Å². The summed E-state index contributed by atoms with van der Waals surface area (Å²) in [5.41, 5.74) is 8.56. The van der Waals surface area contributed by atoms with Gasteiger partial charge in [-0.3, -0.25) is 4.90 Å². The maximum atomic E-state index is 12.5. The Morgan fingerprint density at radius 3 is 2.68 bits per heavy atom. The van der Waals surface area contributed by atoms with Crippen LogP contribution < -0.4 is 5.73 Å². The Kier molecular flexibility index (Phi) is 10.3. The molecule has 0 aliphatic heterocycles. The fourth-order valence-electron chi connectivity index (χ4n) is 3.91. The van der Waals surface area contributed by atoms with E-state index in [1.165, 1.54) is 32.1 Å². The number of aliphatic hydroxyl groups is 1. The molecule has 0 atom stereocenters. The molecule has 0 heterocycles. The van der Waals surface area contributed by atoms with E-state index in [2.05, 4.69) is 27.8 Å². The van der Waals surface area contributed by atoms with Crippen molar-refractivity contribution in [3.63, 3.8) is 0 Å². The van der Waals surface area contributed by atoms with Crippen LogP contribution in [0.1, 0.15) is 80.6 Å². The average molecular weight is 455 g/mol. The number of rotatable bonds is 11. The van der Waals surface area contributed by atoms with E-state index < -0.39 is 0 Å². The minimum atomic E-state index is -0.314. The molecule has 0 aromatic heterocycles. The highest BCUT2D eigenvalue weighted by Crippen LogP contribution is 2.30. The molecule has 1 aromatic carbocycles. The lowest BCUT2D eigenvalue weighted by atomic mass is 9.93. The number of ether oxygens (including phenoxy) is 1. The second kappa shape index (κ2) is 12.5. The highest BCUT2D eigenvalue weighted by Gasteiger charge is 2.22. The Bertz CT molecular complexity index is 618. The summed E-state index contributed by atoms with van der Waals surface area (Å²) in [5.74, 6) is -0.314. The third-order valence-corrected chi connectivity index (χ3v) is 6.12. The maximum absolute atomic E-state index is 12.5. The number of anilines is 1. The van der Waals surface area contributed by atoms with E-state index >= 15 is 0 Å². The predicted molar refractivity (Wildman–Crippen MR) is 117 cm³/mol. The minimum absolute atomic E-state index is 0.178. The van der Waals surface area contributed by atoms with Crippen molar-refractivity contribution in [1.29, 1.82) is 0 Å². The molecule has 0 saturated heterocycles. The molecule has 1 aromatic rings. The summed E-state index contributed by atoms with van der Waals surface area (Å²) in [4.78, 5) is 15.0. The number of unbranched alkanes of at least 4 members (excludes halogenated alkanes) is 2. The van der Waals surface area contributed by atoms with E-state index in [4.69, 9.17) is 15.6 Å². The van der Waals surface area contributed by atoms with Crippen molar-refractivity contribution in [2.75, 3.05) is 25.5 Å². The molecule has 5 nitrogen and oxygen atoms in total. The average Bonchev–Trinajstić information content (AvgIpc) is 2.71. The van der Waals surface area contributed by atoms with Gasteiger partial charge >= 0.3 is 5.97 Å². The first kappa shape index (κ1) is 23.2. The van der Waals surface area contributed by atoms with E-state index in [1.807, 2.05) is 6.07 Å². The first-order valence-electron chi connectivity index (χ1n) is 10.7. The number of aliphatic hydroxyl groups excluding tert-OH is 1. The normalized spacial score (nSPS) is 15.1. The minimum Gasteiger partial charge on any atom is -0.462 e. The number of nitrogens with zero attached hydrogens (tertiary/aromatic N) is 1. The zero-order valence-electron chi connectivity index (χ0n) is 17.1. The van der Waals surface area contributed by atoms with Crippen LogP contribution in [0.5, 0.6) is 0 Å². The van der Waals surface area contributed by atoms with Gasteiger partial charge in [0, 0.05) is 23.7 Å². The highest BCUT2D eigenvalue weighted by atomic mass is 79.9. The Labute approximate surface area is 177 Å². The van der Waals surface area contributed by atoms with Gasteiger partial charge in [0.1, 0.15) is 0 Å². The first-order chi connectivity index (χ1) is 13.6. The molecule has 158 valence electrons. The number of carbonyl (C=O) groups is 1. The van der Waals surface area contributed by atoms with Crippen molar-refractivity contribution >= 4 is 27.6 Å². The van der Waals surface area contributed by atoms with Crippen LogP contribution >= 0.6 is 15.9 Å². The van der Waals surface area contributed by atoms with Crippen LogP contribution in [0.2, 0.25) is 0 Å². The molecule has 0 radical (unpaired) electrons. The van der Waals surface area contributed by atoms with Gasteiger partial charge in [-0.2, -0.15) is 0 Å². The van der Waals surface area contributed by atoms with E-state index in [9.17, 15) is 4.79 Å². The second-order valence-electron chi connectivity index (χ2n) is 7.71. The lowest BCUT2D eigenvalue weighted by molar-refractivity contribution is 0.0496. The van der Waals surface area contributed by atoms with E-state index in [1.54, 1.807) is 6.07 Å². The number of hydrogen-bond acceptors (Lipinski definition) is 5. The quantitative estimate of drug-likeness (QED) is 0.282. The van der Waals surface area contributed by atoms with Crippen LogP contribution in [0, 0.1) is 0 Å². The molecular weight excluding hydrogens is 420 g/mol. The first-order valence-corrected chi connectivity index (χ1v) is 11.5. The van der Waals surface area contributed by atoms with Crippen molar-refractivity contribution in [2.45, 2.75) is 77.3 Å². The Hall–Kier alpha value is -1.11. The van der Waals surface area contributed by atoms with Crippen molar-refractivity contribution in [3.8, 4) is 0 Å². The fourth-order valence-corrected chi connectivity index (χ4v) is 4.41. The Morgan fingerprint density at radius 2 is 2.00 bits per heavy atom. The number of halogens is 1. The summed E-state index contributed by atoms with van der Waals surface area (Å²) in [7, 11) is 0. The molecule has 0 amide bonds. The monoisotopic (exact) mass is 454 g/mol. The van der Waals surface area contributed by atoms with Crippen molar-refractivity contribution in [1.82, 2.24) is 4.90 Å². The number of esters is 1. The maximum Gasteiger partial charge on any atom is 0.338 e. The van der Waals surface area contributed by atoms with Gasteiger partial charge in [0.2, 0.25) is 0 Å². The molecule has 0 spiro atoms. The Morgan fingerprint density at radius 1 is 1.25 bits per heavy atom. The molecule has 0 unspecified atom stereocenters. The van der Waals surface area contributed by atoms with Gasteiger partial charge in [-0.1, -0.05) is 26.2 Å². The standard InChI is InChI=1S/C22H35BrN2O3/c1-2-11-25(19-9-5-3-6-10-19)16-18-14-17(15-20(23)21(18)24)22(27)28-13-8-4-7-12-26/h14-15,19,26H,2-13,16,24H2,1H3. The number of carbonyl (C=O) groups excluding carboxylic acids is 1. The molecule has 1 fully saturated rings. The molecule has 28 heavy (non-hydrogen) atoms. The van der Waals surface area contributed by atoms with Gasteiger partial charge in [-0.15, -0.1) is 0 Å². The summed E-state index contributed by atoms with van der Waals surface area (Å²) < 4.78 is 6.15. The van der Waals surface area contributed by atoms with E-state index in [0.717, 1.165) is 48.8 Å². The molecule has 6 heteroatoms. The number of nitrogens with two attached hydrogens (primary N) is 1. The van der Waals surface area contributed by atoms with Crippen LogP contribution in [0.25, 0.3) is 0 Å². The van der Waals surface area contributed by atoms with Crippen LogP contribution in [0.15, 0.2) is 16.6 Å². The number of nitrogen functional groups attached to an aromatic ring is 1. The summed E-state index contributed by atoms with van der Waals surface area (Å²) in [6, 6.07) is 4.25. The summed E-state index contributed by atoms with van der Waals surface area (Å²) in [6.07, 6.45) is 9.89. The number of hydrogen-bond donors (Lipinski definition) is 2. The fraction of sp³-hybridized carbons (Fsp3) is 0.682. The van der Waals surface area contributed by atoms with Crippen molar-refractivity contribution in [2.24, 2.45) is 0 Å². The summed E-state index contributed by atoms with van der Waals surface area (Å²) in [5, 5.41) is 8.82. The third kappa shape index (κ3) is 7.05. The van der Waals surface area contributed by atoms with Crippen molar-refractivity contribution < 1.29 is 14.6 Å². The van der Waals surface area contributed by atoms with Gasteiger partial charge in [0.25, 0.3) is 0 Å². The lowest BCUT2D eigenvalue weighted by Crippen LogP contribution is -2.37. The van der Waals surface area contributed by atoms with Gasteiger partial charge in [-0.05, 0) is 78.7 Å². The molecule has 1 aliphatic carbocycles. The van der Waals surface area contributed by atoms with Crippen LogP contribution in [-0.4, -0.2) is 41.8 Å². The molecule has 0 bridgehead atoms. The SMILES string of the molecule is CCCN(Cc1cc(C(=O)OCCCCCO)cc(Br)c1N)C1CCCCC1. The van der Waals surface area contributed by atoms with E-state index in [0.29, 0.717) is 23.9 Å². The van der Waals surface area contributed by atoms with Crippen LogP contribution in [0.4, 0.5) is 5.69 Å². The van der Waals surface area contributed by atoms with Crippen molar-refractivity contribution in [3.05, 3.63) is 27.7 Å². The van der Waals surface area contributed by atoms with E-state index in [-0.39, 0.29) is 12.6 Å². The van der Waals surface area contributed by atoms with Gasteiger partial charge in [0.15, 0.2) is 0 Å². The van der Waals surface area contributed by atoms with Gasteiger partial charge in [-0.25, -0.2) is 4.79 Å². The molecule has 1 saturated carbocycles. The third-order valence-electron chi connectivity index (χ3n) is 5.46. The summed E-state index contributed by atoms with van der Waals surface area (Å²) >= 11 is 3.51. The smallest absolute Gasteiger partial charge is 0.338 e. The molecule has 1 aliphatic rings. The van der Waals surface area contributed by atoms with Gasteiger partial charge < -0.3 is 15.6 Å². The molecule has 2 rings (SSSR count). The second-order valence-corrected chi connectivity index (χ2v) is 8.57. The lowest BCUT2D eigenvalue weighted by Gasteiger charge is -2.34. The highest BCUT2D eigenvalue weighted by molar-refractivity contribution is 9.10. The zero-order chi connectivity index (χ0) is 20.4. The zero-order valence-corrected chi connectivity index (χ0v) is 18.7. The molecular formula is C22H35BrN2O3. The molecule has 3 N–H and O–H groups in total. The van der Waals surface area contributed by atoms with Crippen LogP contribution in [-0.2, 0) is 11.3 Å². The largest absolute Gasteiger partial charge is 0.462 e. The summed E-state index contributed by atoms with van der Waals surface area (Å²) in [6.45, 7) is 4.57.